The smallest absolute Gasteiger partial charge is 0.255 e. The Morgan fingerprint density at radius 1 is 1.16 bits per heavy atom. The topological polar surface area (TPSA) is 160 Å². The van der Waals surface area contributed by atoms with Crippen molar-refractivity contribution in [3.05, 3.63) is 77.2 Å². The first-order valence-corrected chi connectivity index (χ1v) is 14.6. The Kier molecular flexibility index (Phi) is 11.0. The molecule has 2 aromatic carbocycles. The second kappa shape index (κ2) is 14.8. The summed E-state index contributed by atoms with van der Waals surface area (Å²) in [5.41, 5.74) is 10.4. The minimum absolute atomic E-state index is 0. The number of benzene rings is 2. The van der Waals surface area contributed by atoms with Crippen molar-refractivity contribution in [1.29, 1.82) is 0 Å². The average Bonchev–Trinajstić information content (AvgIpc) is 3.62. The second-order valence-corrected chi connectivity index (χ2v) is 10.9. The van der Waals surface area contributed by atoms with Gasteiger partial charge in [0, 0.05) is 43.2 Å². The van der Waals surface area contributed by atoms with Gasteiger partial charge in [0.05, 0.1) is 31.0 Å². The van der Waals surface area contributed by atoms with Crippen LogP contribution in [0.25, 0.3) is 10.9 Å². The zero-order chi connectivity index (χ0) is 30.3. The standard InChI is InChI=1S/C31H38N8O4.ClH/c1-20-9-10-25-28(15-20)43-14-6-13-39-19-23(36-37-39)18-38(12-5-11-33-29(40)21(2)35-30(25)41)31(42)26(32)16-22-17-34-27-8-4-3-7-24(22)27;/h3-4,7-10,15,17,19,21,26,34H,5-6,11-14,16,18,32H2,1-2H3,(H,33,40)(H,35,41);1H/t21-,26-;/m1./s1. The highest BCUT2D eigenvalue weighted by molar-refractivity contribution is 5.99. The number of fused-ring (bicyclic) bond motifs is 4. The molecular formula is C31H39ClN8O4. The predicted octanol–water partition coefficient (Wildman–Crippen LogP) is 2.50. The number of H-pyrrole nitrogens is 1. The van der Waals surface area contributed by atoms with E-state index in [4.69, 9.17) is 10.5 Å². The van der Waals surface area contributed by atoms with E-state index in [0.717, 1.165) is 22.0 Å². The quantitative estimate of drug-likeness (QED) is 0.273. The van der Waals surface area contributed by atoms with Gasteiger partial charge in [0.2, 0.25) is 11.8 Å². The summed E-state index contributed by atoms with van der Waals surface area (Å²) in [6, 6.07) is 11.7. The molecular weight excluding hydrogens is 584 g/mol. The molecule has 0 radical (unpaired) electrons. The third-order valence-electron chi connectivity index (χ3n) is 7.50. The van der Waals surface area contributed by atoms with Crippen molar-refractivity contribution in [3.63, 3.8) is 0 Å². The van der Waals surface area contributed by atoms with Crippen LogP contribution in [0.4, 0.5) is 0 Å². The summed E-state index contributed by atoms with van der Waals surface area (Å²) in [6.07, 6.45) is 5.19. The van der Waals surface area contributed by atoms with Crippen molar-refractivity contribution < 1.29 is 19.1 Å². The Morgan fingerprint density at radius 2 is 1.98 bits per heavy atom. The first-order valence-electron chi connectivity index (χ1n) is 14.6. The molecule has 0 aliphatic carbocycles. The minimum atomic E-state index is -0.764. The van der Waals surface area contributed by atoms with E-state index in [1.165, 1.54) is 0 Å². The molecule has 13 heteroatoms. The van der Waals surface area contributed by atoms with Crippen LogP contribution in [-0.4, -0.2) is 74.4 Å². The molecule has 0 saturated heterocycles. The third-order valence-corrected chi connectivity index (χ3v) is 7.50. The van der Waals surface area contributed by atoms with Crippen molar-refractivity contribution in [2.45, 2.75) is 58.3 Å². The number of ether oxygens (including phenoxy) is 1. The number of amides is 3. The fourth-order valence-corrected chi connectivity index (χ4v) is 5.16. The van der Waals surface area contributed by atoms with Crippen LogP contribution in [0.1, 0.15) is 46.9 Å². The SMILES string of the molecule is Cc1ccc2c(c1)OCCCn1cc(nn1)CN(C(=O)[C@H](N)Cc1c[nH]c3ccccc13)CCCNC(=O)[C@@H](C)NC2=O.Cl. The molecule has 2 atom stereocenters. The van der Waals surface area contributed by atoms with Crippen LogP contribution in [0.2, 0.25) is 0 Å². The van der Waals surface area contributed by atoms with Gasteiger partial charge >= 0.3 is 0 Å². The van der Waals surface area contributed by atoms with Crippen molar-refractivity contribution in [3.8, 4) is 5.75 Å². The fraction of sp³-hybridized carbons (Fsp3) is 0.387. The van der Waals surface area contributed by atoms with Crippen LogP contribution >= 0.6 is 12.4 Å². The molecule has 0 saturated carbocycles. The summed E-state index contributed by atoms with van der Waals surface area (Å²) in [4.78, 5) is 44.3. The Bertz CT molecular complexity index is 1600. The minimum Gasteiger partial charge on any atom is -0.493 e. The van der Waals surface area contributed by atoms with Crippen LogP contribution in [0, 0.1) is 6.92 Å². The molecule has 5 rings (SSSR count). The van der Waals surface area contributed by atoms with E-state index in [0.29, 0.717) is 62.5 Å². The van der Waals surface area contributed by atoms with Crippen LogP contribution in [0.5, 0.6) is 5.75 Å². The maximum Gasteiger partial charge on any atom is 0.255 e. The van der Waals surface area contributed by atoms with Gasteiger partial charge in [-0.2, -0.15) is 0 Å². The maximum atomic E-state index is 13.6. The fourth-order valence-electron chi connectivity index (χ4n) is 5.16. The Labute approximate surface area is 262 Å². The summed E-state index contributed by atoms with van der Waals surface area (Å²) in [5, 5.41) is 15.2. The zero-order valence-corrected chi connectivity index (χ0v) is 25.7. The lowest BCUT2D eigenvalue weighted by atomic mass is 10.0. The molecule has 2 aromatic heterocycles. The van der Waals surface area contributed by atoms with E-state index in [2.05, 4.69) is 25.9 Å². The van der Waals surface area contributed by atoms with E-state index in [-0.39, 0.29) is 30.8 Å². The molecule has 0 fully saturated rings. The molecule has 0 spiro atoms. The van der Waals surface area contributed by atoms with E-state index >= 15 is 0 Å². The zero-order valence-electron chi connectivity index (χ0n) is 24.9. The third kappa shape index (κ3) is 7.94. The summed E-state index contributed by atoms with van der Waals surface area (Å²) >= 11 is 0. The molecule has 2 bridgehead atoms. The molecule has 3 amide bonds. The van der Waals surface area contributed by atoms with Gasteiger partial charge in [-0.3, -0.25) is 19.1 Å². The molecule has 234 valence electrons. The number of nitrogens with zero attached hydrogens (tertiary/aromatic N) is 4. The molecule has 4 aromatic rings. The van der Waals surface area contributed by atoms with Gasteiger partial charge in [-0.25, -0.2) is 0 Å². The lowest BCUT2D eigenvalue weighted by molar-refractivity contribution is -0.133. The van der Waals surface area contributed by atoms with E-state index in [1.807, 2.05) is 55.7 Å². The second-order valence-electron chi connectivity index (χ2n) is 10.9. The lowest BCUT2D eigenvalue weighted by Gasteiger charge is -2.25. The van der Waals surface area contributed by atoms with Gasteiger partial charge in [0.25, 0.3) is 5.91 Å². The first-order chi connectivity index (χ1) is 20.8. The van der Waals surface area contributed by atoms with E-state index in [9.17, 15) is 14.4 Å². The van der Waals surface area contributed by atoms with Crippen molar-refractivity contribution in [2.24, 2.45) is 5.73 Å². The van der Waals surface area contributed by atoms with Crippen molar-refractivity contribution >= 4 is 41.0 Å². The number of halogens is 1. The van der Waals surface area contributed by atoms with Crippen LogP contribution < -0.4 is 21.1 Å². The molecule has 12 nitrogen and oxygen atoms in total. The van der Waals surface area contributed by atoms with Gasteiger partial charge in [-0.1, -0.05) is 29.5 Å². The van der Waals surface area contributed by atoms with Crippen LogP contribution in [0.15, 0.2) is 54.9 Å². The number of carbonyl (C=O) groups excluding carboxylic acids is 3. The number of rotatable bonds is 3. The summed E-state index contributed by atoms with van der Waals surface area (Å²) in [5.74, 6) is -0.463. The van der Waals surface area contributed by atoms with E-state index in [1.54, 1.807) is 22.6 Å². The average molecular weight is 623 g/mol. The Balaban J connectivity index is 0.00000442. The number of carbonyl (C=O) groups is 3. The molecule has 1 aliphatic heterocycles. The monoisotopic (exact) mass is 622 g/mol. The van der Waals surface area contributed by atoms with Gasteiger partial charge < -0.3 is 31.0 Å². The Morgan fingerprint density at radius 3 is 2.82 bits per heavy atom. The van der Waals surface area contributed by atoms with Crippen LogP contribution in [0.3, 0.4) is 0 Å². The summed E-state index contributed by atoms with van der Waals surface area (Å²) < 4.78 is 7.68. The van der Waals surface area contributed by atoms with Crippen molar-refractivity contribution in [2.75, 3.05) is 19.7 Å². The number of hydrogen-bond donors (Lipinski definition) is 4. The maximum absolute atomic E-state index is 13.6. The molecule has 3 heterocycles. The number of hydrogen-bond acceptors (Lipinski definition) is 7. The highest BCUT2D eigenvalue weighted by atomic mass is 35.5. The number of nitrogens with one attached hydrogen (secondary N) is 3. The predicted molar refractivity (Wildman–Crippen MR) is 169 cm³/mol. The number of para-hydroxylation sites is 1. The molecule has 5 N–H and O–H groups in total. The van der Waals surface area contributed by atoms with Gasteiger partial charge in [0.15, 0.2) is 0 Å². The largest absolute Gasteiger partial charge is 0.493 e. The molecule has 0 unspecified atom stereocenters. The number of nitrogens with two attached hydrogens (primary N) is 1. The van der Waals surface area contributed by atoms with Gasteiger partial charge in [-0.15, -0.1) is 17.5 Å². The molecule has 1 aliphatic rings. The number of aromatic amines is 1. The first kappa shape index (κ1) is 32.5. The number of aryl methyl sites for hydroxylation is 2. The van der Waals surface area contributed by atoms with Crippen LogP contribution in [-0.2, 0) is 29.1 Å². The summed E-state index contributed by atoms with van der Waals surface area (Å²) in [6.45, 7) is 5.36. The summed E-state index contributed by atoms with van der Waals surface area (Å²) in [7, 11) is 0. The number of aromatic nitrogens is 4. The van der Waals surface area contributed by atoms with Gasteiger partial charge in [-0.05, 0) is 56.0 Å². The van der Waals surface area contributed by atoms with Crippen molar-refractivity contribution in [1.82, 2.24) is 35.5 Å². The van der Waals surface area contributed by atoms with Gasteiger partial charge in [0.1, 0.15) is 17.5 Å². The molecule has 44 heavy (non-hydrogen) atoms. The lowest BCUT2D eigenvalue weighted by Crippen LogP contribution is -2.47. The van der Waals surface area contributed by atoms with E-state index < -0.39 is 18.0 Å². The highest BCUT2D eigenvalue weighted by Crippen LogP contribution is 2.22. The Hall–Kier alpha value is -4.42. The normalized spacial score (nSPS) is 17.5. The highest BCUT2D eigenvalue weighted by Gasteiger charge is 2.24.